The van der Waals surface area contributed by atoms with Gasteiger partial charge < -0.3 is 4.74 Å². The fourth-order valence-electron chi connectivity index (χ4n) is 0.850. The van der Waals surface area contributed by atoms with Crippen LogP contribution in [-0.4, -0.2) is 12.6 Å². The van der Waals surface area contributed by atoms with Crippen LogP contribution in [0.4, 0.5) is 13.2 Å². The molecule has 6 heteroatoms. The van der Waals surface area contributed by atoms with Gasteiger partial charge in [-0.25, -0.2) is 0 Å². The van der Waals surface area contributed by atoms with Crippen LogP contribution < -0.4 is 4.74 Å². The minimum atomic E-state index is -4.67. The molecular formula is C8H6ClF3OS. The molecule has 0 N–H and O–H groups in total. The summed E-state index contributed by atoms with van der Waals surface area (Å²) >= 11 is 6.76. The average molecular weight is 243 g/mol. The average Bonchev–Trinajstić information content (AvgIpc) is 2.06. The summed E-state index contributed by atoms with van der Waals surface area (Å²) in [6, 6.07) is 3.97. The first-order valence-corrected chi connectivity index (χ1v) is 5.12. The van der Waals surface area contributed by atoms with E-state index in [2.05, 4.69) is 4.74 Å². The Labute approximate surface area is 88.2 Å². The van der Waals surface area contributed by atoms with E-state index in [9.17, 15) is 13.2 Å². The summed E-state index contributed by atoms with van der Waals surface area (Å²) in [6.07, 6.45) is -3.02. The van der Waals surface area contributed by atoms with Gasteiger partial charge in [-0.2, -0.15) is 0 Å². The van der Waals surface area contributed by atoms with Gasteiger partial charge >= 0.3 is 6.36 Å². The fourth-order valence-corrected chi connectivity index (χ4v) is 1.64. The lowest BCUT2D eigenvalue weighted by Gasteiger charge is -2.11. The van der Waals surface area contributed by atoms with Crippen molar-refractivity contribution in [3.8, 4) is 5.75 Å². The summed E-state index contributed by atoms with van der Waals surface area (Å²) in [5, 5.41) is 0.379. The predicted octanol–water partition coefficient (Wildman–Crippen LogP) is 3.96. The highest BCUT2D eigenvalue weighted by atomic mass is 35.5. The van der Waals surface area contributed by atoms with E-state index in [4.69, 9.17) is 11.6 Å². The van der Waals surface area contributed by atoms with Crippen molar-refractivity contribution in [3.63, 3.8) is 0 Å². The van der Waals surface area contributed by atoms with E-state index in [1.807, 2.05) is 0 Å². The second-order valence-electron chi connectivity index (χ2n) is 2.34. The molecule has 0 spiro atoms. The SMILES string of the molecule is CSc1cc(Cl)ccc1OC(F)(F)F. The number of alkyl halides is 3. The zero-order valence-corrected chi connectivity index (χ0v) is 8.63. The van der Waals surface area contributed by atoms with E-state index in [-0.39, 0.29) is 5.75 Å². The van der Waals surface area contributed by atoms with Crippen LogP contribution in [0.2, 0.25) is 5.02 Å². The second kappa shape index (κ2) is 4.31. The van der Waals surface area contributed by atoms with Gasteiger partial charge in [-0.05, 0) is 24.5 Å². The lowest BCUT2D eigenvalue weighted by molar-refractivity contribution is -0.275. The van der Waals surface area contributed by atoms with Gasteiger partial charge in [-0.3, -0.25) is 0 Å². The molecule has 1 rings (SSSR count). The van der Waals surface area contributed by atoms with E-state index < -0.39 is 6.36 Å². The molecule has 0 aliphatic carbocycles. The van der Waals surface area contributed by atoms with Crippen molar-refractivity contribution in [3.05, 3.63) is 23.2 Å². The highest BCUT2D eigenvalue weighted by Crippen LogP contribution is 2.33. The highest BCUT2D eigenvalue weighted by Gasteiger charge is 2.32. The van der Waals surface area contributed by atoms with Crippen molar-refractivity contribution in [1.82, 2.24) is 0 Å². The van der Waals surface area contributed by atoms with Crippen molar-refractivity contribution >= 4 is 23.4 Å². The largest absolute Gasteiger partial charge is 0.573 e. The maximum Gasteiger partial charge on any atom is 0.573 e. The van der Waals surface area contributed by atoms with Crippen LogP contribution in [0.15, 0.2) is 23.1 Å². The smallest absolute Gasteiger partial charge is 0.405 e. The molecule has 1 nitrogen and oxygen atoms in total. The molecule has 0 saturated carbocycles. The molecule has 0 unspecified atom stereocenters. The normalized spacial score (nSPS) is 11.5. The summed E-state index contributed by atoms with van der Waals surface area (Å²) in [6.45, 7) is 0. The Hall–Kier alpha value is -0.550. The zero-order valence-electron chi connectivity index (χ0n) is 7.06. The summed E-state index contributed by atoms with van der Waals surface area (Å²) < 4.78 is 39.5. The van der Waals surface area contributed by atoms with Gasteiger partial charge in [0.25, 0.3) is 0 Å². The maximum absolute atomic E-state index is 11.9. The van der Waals surface area contributed by atoms with E-state index >= 15 is 0 Å². The van der Waals surface area contributed by atoms with Crippen LogP contribution >= 0.6 is 23.4 Å². The van der Waals surface area contributed by atoms with E-state index in [1.54, 1.807) is 6.26 Å². The van der Waals surface area contributed by atoms with Crippen LogP contribution in [0, 0.1) is 0 Å². The lowest BCUT2D eigenvalue weighted by atomic mass is 10.3. The van der Waals surface area contributed by atoms with Gasteiger partial charge in [0.15, 0.2) is 0 Å². The molecule has 0 aromatic heterocycles. The van der Waals surface area contributed by atoms with Crippen molar-refractivity contribution in [1.29, 1.82) is 0 Å². The predicted molar refractivity (Wildman–Crippen MR) is 49.9 cm³/mol. The quantitative estimate of drug-likeness (QED) is 0.726. The molecular weight excluding hydrogens is 237 g/mol. The molecule has 0 fully saturated rings. The first-order valence-electron chi connectivity index (χ1n) is 3.51. The minimum absolute atomic E-state index is 0.227. The molecule has 0 bridgehead atoms. The molecule has 0 aliphatic heterocycles. The molecule has 1 aromatic rings. The fraction of sp³-hybridized carbons (Fsp3) is 0.250. The molecule has 1 aromatic carbocycles. The lowest BCUT2D eigenvalue weighted by Crippen LogP contribution is -2.17. The monoisotopic (exact) mass is 242 g/mol. The first kappa shape index (κ1) is 11.5. The number of benzene rings is 1. The van der Waals surface area contributed by atoms with Gasteiger partial charge in [0, 0.05) is 5.02 Å². The summed E-state index contributed by atoms with van der Waals surface area (Å²) in [5.74, 6) is -0.227. The molecule has 78 valence electrons. The standard InChI is InChI=1S/C8H6ClF3OS/c1-14-7-4-5(9)2-3-6(7)13-8(10,11)12/h2-4H,1H3. The third-order valence-electron chi connectivity index (χ3n) is 1.35. The third-order valence-corrected chi connectivity index (χ3v) is 2.35. The Morgan fingerprint density at radius 2 is 2.00 bits per heavy atom. The van der Waals surface area contributed by atoms with E-state index in [0.29, 0.717) is 9.92 Å². The Balaban J connectivity index is 2.97. The number of ether oxygens (including phenoxy) is 1. The molecule has 0 saturated heterocycles. The number of thioether (sulfide) groups is 1. The Morgan fingerprint density at radius 1 is 1.36 bits per heavy atom. The van der Waals surface area contributed by atoms with Gasteiger partial charge in [0.05, 0.1) is 4.90 Å². The highest BCUT2D eigenvalue weighted by molar-refractivity contribution is 7.98. The van der Waals surface area contributed by atoms with Gasteiger partial charge in [0.1, 0.15) is 5.75 Å². The van der Waals surface area contributed by atoms with Crippen LogP contribution in [0.25, 0.3) is 0 Å². The Kier molecular flexibility index (Phi) is 3.55. The van der Waals surface area contributed by atoms with Gasteiger partial charge in [0.2, 0.25) is 0 Å². The van der Waals surface area contributed by atoms with Crippen molar-refractivity contribution in [2.24, 2.45) is 0 Å². The van der Waals surface area contributed by atoms with Crippen LogP contribution in [0.5, 0.6) is 5.75 Å². The van der Waals surface area contributed by atoms with E-state index in [1.165, 1.54) is 18.2 Å². The summed E-state index contributed by atoms with van der Waals surface area (Å²) in [5.41, 5.74) is 0. The van der Waals surface area contributed by atoms with Gasteiger partial charge in [-0.15, -0.1) is 24.9 Å². The third kappa shape index (κ3) is 3.31. The molecule has 0 aliphatic rings. The first-order chi connectivity index (χ1) is 6.42. The number of hydrogen-bond donors (Lipinski definition) is 0. The van der Waals surface area contributed by atoms with Crippen LogP contribution in [0.3, 0.4) is 0 Å². The Bertz CT molecular complexity index is 327. The molecule has 0 heterocycles. The number of halogens is 4. The molecule has 0 atom stereocenters. The van der Waals surface area contributed by atoms with Crippen LogP contribution in [-0.2, 0) is 0 Å². The van der Waals surface area contributed by atoms with Crippen molar-refractivity contribution in [2.75, 3.05) is 6.26 Å². The second-order valence-corrected chi connectivity index (χ2v) is 3.63. The Morgan fingerprint density at radius 3 is 2.50 bits per heavy atom. The number of rotatable bonds is 2. The van der Waals surface area contributed by atoms with Crippen LogP contribution in [0.1, 0.15) is 0 Å². The summed E-state index contributed by atoms with van der Waals surface area (Å²) in [7, 11) is 0. The number of hydrogen-bond acceptors (Lipinski definition) is 2. The summed E-state index contributed by atoms with van der Waals surface area (Å²) in [4.78, 5) is 0.356. The van der Waals surface area contributed by atoms with Crippen molar-refractivity contribution < 1.29 is 17.9 Å². The topological polar surface area (TPSA) is 9.23 Å². The zero-order chi connectivity index (χ0) is 10.8. The van der Waals surface area contributed by atoms with Gasteiger partial charge in [-0.1, -0.05) is 11.6 Å². The van der Waals surface area contributed by atoms with Crippen molar-refractivity contribution in [2.45, 2.75) is 11.3 Å². The molecule has 0 radical (unpaired) electrons. The maximum atomic E-state index is 11.9. The van der Waals surface area contributed by atoms with E-state index in [0.717, 1.165) is 11.8 Å². The minimum Gasteiger partial charge on any atom is -0.405 e. The molecule has 0 amide bonds. The molecule has 14 heavy (non-hydrogen) atoms.